The van der Waals surface area contributed by atoms with E-state index in [1.54, 1.807) is 18.2 Å². The van der Waals surface area contributed by atoms with Crippen LogP contribution in [0.3, 0.4) is 0 Å². The fourth-order valence-corrected chi connectivity index (χ4v) is 2.75. The van der Waals surface area contributed by atoms with Crippen LogP contribution >= 0.6 is 23.2 Å². The zero-order valence-electron chi connectivity index (χ0n) is 11.8. The van der Waals surface area contributed by atoms with Gasteiger partial charge in [0.25, 0.3) is 5.91 Å². The molecule has 0 spiro atoms. The van der Waals surface area contributed by atoms with E-state index in [1.807, 2.05) is 30.3 Å². The minimum Gasteiger partial charge on any atom is -0.345 e. The number of rotatable bonds is 5. The van der Waals surface area contributed by atoms with Crippen LogP contribution in [-0.2, 0) is 0 Å². The maximum absolute atomic E-state index is 12.4. The molecule has 0 aliphatic heterocycles. The van der Waals surface area contributed by atoms with Crippen LogP contribution in [0.15, 0.2) is 48.5 Å². The number of carbonyl (C=O) groups is 1. The molecule has 1 unspecified atom stereocenters. The highest BCUT2D eigenvalue weighted by Gasteiger charge is 2.15. The number of carbonyl (C=O) groups excluding carboxylic acids is 1. The van der Waals surface area contributed by atoms with Gasteiger partial charge in [-0.05, 0) is 30.2 Å². The molecule has 0 bridgehead atoms. The van der Waals surface area contributed by atoms with Crippen molar-refractivity contribution in [2.24, 2.45) is 0 Å². The molecule has 0 saturated carbocycles. The molecule has 0 fully saturated rings. The Kier molecular flexibility index (Phi) is 5.66. The third-order valence-electron chi connectivity index (χ3n) is 3.21. The largest absolute Gasteiger partial charge is 0.345 e. The monoisotopic (exact) mass is 321 g/mol. The van der Waals surface area contributed by atoms with Crippen LogP contribution in [0.2, 0.25) is 10.0 Å². The van der Waals surface area contributed by atoms with E-state index in [4.69, 9.17) is 23.2 Å². The van der Waals surface area contributed by atoms with E-state index >= 15 is 0 Å². The van der Waals surface area contributed by atoms with Gasteiger partial charge >= 0.3 is 0 Å². The maximum atomic E-state index is 12.4. The lowest BCUT2D eigenvalue weighted by Crippen LogP contribution is -2.28. The molecule has 2 aromatic carbocycles. The molecule has 110 valence electrons. The predicted molar refractivity (Wildman–Crippen MR) is 88.0 cm³/mol. The van der Waals surface area contributed by atoms with Gasteiger partial charge in [-0.15, -0.1) is 0 Å². The van der Waals surface area contributed by atoms with E-state index in [9.17, 15) is 4.79 Å². The van der Waals surface area contributed by atoms with Crippen molar-refractivity contribution in [2.45, 2.75) is 25.8 Å². The van der Waals surface area contributed by atoms with Crippen LogP contribution in [-0.4, -0.2) is 5.91 Å². The Morgan fingerprint density at radius 3 is 2.29 bits per heavy atom. The molecule has 0 aromatic heterocycles. The lowest BCUT2D eigenvalue weighted by atomic mass is 10.0. The Bertz CT molecular complexity index is 593. The summed E-state index contributed by atoms with van der Waals surface area (Å²) in [6.45, 7) is 2.10. The third-order valence-corrected chi connectivity index (χ3v) is 3.65. The fourth-order valence-electron chi connectivity index (χ4n) is 2.22. The molecule has 0 heterocycles. The summed E-state index contributed by atoms with van der Waals surface area (Å²) in [6, 6.07) is 14.8. The molecule has 0 aliphatic carbocycles. The smallest absolute Gasteiger partial charge is 0.251 e. The summed E-state index contributed by atoms with van der Waals surface area (Å²) in [4.78, 5) is 12.4. The minimum absolute atomic E-state index is 0.0125. The molecular weight excluding hydrogens is 305 g/mol. The molecule has 0 radical (unpaired) electrons. The van der Waals surface area contributed by atoms with Crippen LogP contribution < -0.4 is 5.32 Å². The van der Waals surface area contributed by atoms with Crippen molar-refractivity contribution in [3.63, 3.8) is 0 Å². The molecule has 2 aromatic rings. The van der Waals surface area contributed by atoms with Gasteiger partial charge in [0, 0.05) is 15.6 Å². The summed E-state index contributed by atoms with van der Waals surface area (Å²) >= 11 is 11.9. The molecule has 1 N–H and O–H groups in total. The molecule has 1 amide bonds. The first-order chi connectivity index (χ1) is 10.1. The second-order valence-corrected chi connectivity index (χ2v) is 5.76. The first kappa shape index (κ1) is 15.9. The molecule has 4 heteroatoms. The third kappa shape index (κ3) is 4.48. The zero-order valence-corrected chi connectivity index (χ0v) is 13.3. The lowest BCUT2D eigenvalue weighted by Gasteiger charge is -2.19. The van der Waals surface area contributed by atoms with Crippen LogP contribution in [0.1, 0.15) is 41.7 Å². The van der Waals surface area contributed by atoms with Crippen molar-refractivity contribution < 1.29 is 4.79 Å². The molecular formula is C17H17Cl2NO. The standard InChI is InChI=1S/C17H17Cl2NO/c1-2-6-16(12-7-4-3-5-8-12)20-17(21)13-9-14(18)11-15(19)10-13/h3-5,7-11,16H,2,6H2,1H3,(H,20,21). The SMILES string of the molecule is CCCC(NC(=O)c1cc(Cl)cc(Cl)c1)c1ccccc1. The van der Waals surface area contributed by atoms with Crippen molar-refractivity contribution in [1.29, 1.82) is 0 Å². The van der Waals surface area contributed by atoms with E-state index < -0.39 is 0 Å². The number of benzene rings is 2. The number of hydrogen-bond acceptors (Lipinski definition) is 1. The molecule has 0 aliphatic rings. The Morgan fingerprint density at radius 1 is 1.10 bits per heavy atom. The summed E-state index contributed by atoms with van der Waals surface area (Å²) < 4.78 is 0. The average Bonchev–Trinajstić information content (AvgIpc) is 2.46. The Morgan fingerprint density at radius 2 is 1.71 bits per heavy atom. The van der Waals surface area contributed by atoms with E-state index in [0.29, 0.717) is 15.6 Å². The summed E-state index contributed by atoms with van der Waals surface area (Å²) in [5.41, 5.74) is 1.57. The van der Waals surface area contributed by atoms with Crippen molar-refractivity contribution in [2.75, 3.05) is 0 Å². The summed E-state index contributed by atoms with van der Waals surface area (Å²) in [5, 5.41) is 3.96. The minimum atomic E-state index is -0.165. The van der Waals surface area contributed by atoms with Crippen LogP contribution in [0, 0.1) is 0 Å². The van der Waals surface area contributed by atoms with E-state index in [1.165, 1.54) is 0 Å². The van der Waals surface area contributed by atoms with Crippen LogP contribution in [0.25, 0.3) is 0 Å². The number of halogens is 2. The number of hydrogen-bond donors (Lipinski definition) is 1. The highest BCUT2D eigenvalue weighted by Crippen LogP contribution is 2.22. The second-order valence-electron chi connectivity index (χ2n) is 4.88. The normalized spacial score (nSPS) is 12.0. The van der Waals surface area contributed by atoms with E-state index in [2.05, 4.69) is 12.2 Å². The van der Waals surface area contributed by atoms with Crippen LogP contribution in [0.4, 0.5) is 0 Å². The van der Waals surface area contributed by atoms with Gasteiger partial charge in [-0.3, -0.25) is 4.79 Å². The highest BCUT2D eigenvalue weighted by atomic mass is 35.5. The highest BCUT2D eigenvalue weighted by molar-refractivity contribution is 6.35. The molecule has 1 atom stereocenters. The van der Waals surface area contributed by atoms with Gasteiger partial charge in [-0.25, -0.2) is 0 Å². The van der Waals surface area contributed by atoms with Gasteiger partial charge in [0.2, 0.25) is 0 Å². The first-order valence-corrected chi connectivity index (χ1v) is 7.67. The predicted octanol–water partition coefficient (Wildman–Crippen LogP) is 5.26. The Balaban J connectivity index is 2.18. The number of amides is 1. The van der Waals surface area contributed by atoms with Gasteiger partial charge in [0.15, 0.2) is 0 Å². The quantitative estimate of drug-likeness (QED) is 0.799. The fraction of sp³-hybridized carbons (Fsp3) is 0.235. The maximum Gasteiger partial charge on any atom is 0.251 e. The van der Waals surface area contributed by atoms with Crippen LogP contribution in [0.5, 0.6) is 0 Å². The first-order valence-electron chi connectivity index (χ1n) is 6.92. The number of nitrogens with one attached hydrogen (secondary N) is 1. The Labute approximate surface area is 135 Å². The zero-order chi connectivity index (χ0) is 15.2. The summed E-state index contributed by atoms with van der Waals surface area (Å²) in [7, 11) is 0. The van der Waals surface area contributed by atoms with Crippen molar-refractivity contribution in [3.8, 4) is 0 Å². The van der Waals surface area contributed by atoms with E-state index in [0.717, 1.165) is 18.4 Å². The van der Waals surface area contributed by atoms with Gasteiger partial charge in [0.05, 0.1) is 6.04 Å². The summed E-state index contributed by atoms with van der Waals surface area (Å²) in [6.07, 6.45) is 1.86. The van der Waals surface area contributed by atoms with Gasteiger partial charge in [-0.2, -0.15) is 0 Å². The lowest BCUT2D eigenvalue weighted by molar-refractivity contribution is 0.0934. The molecule has 0 saturated heterocycles. The van der Waals surface area contributed by atoms with Gasteiger partial charge in [-0.1, -0.05) is 66.9 Å². The topological polar surface area (TPSA) is 29.1 Å². The van der Waals surface area contributed by atoms with Crippen molar-refractivity contribution in [1.82, 2.24) is 5.32 Å². The van der Waals surface area contributed by atoms with Crippen molar-refractivity contribution >= 4 is 29.1 Å². The van der Waals surface area contributed by atoms with Crippen molar-refractivity contribution in [3.05, 3.63) is 69.7 Å². The average molecular weight is 322 g/mol. The summed E-state index contributed by atoms with van der Waals surface area (Å²) in [5.74, 6) is -0.165. The molecule has 2 rings (SSSR count). The Hall–Kier alpha value is -1.51. The molecule has 21 heavy (non-hydrogen) atoms. The second kappa shape index (κ2) is 7.48. The van der Waals surface area contributed by atoms with Gasteiger partial charge in [0.1, 0.15) is 0 Å². The van der Waals surface area contributed by atoms with Gasteiger partial charge < -0.3 is 5.32 Å². The van der Waals surface area contributed by atoms with E-state index in [-0.39, 0.29) is 11.9 Å². The molecule has 2 nitrogen and oxygen atoms in total.